The number of hydrogen-bond acceptors (Lipinski definition) is 3. The molecule has 0 saturated heterocycles. The zero-order valence-corrected chi connectivity index (χ0v) is 10.4. The third-order valence-corrected chi connectivity index (χ3v) is 2.56. The predicted octanol–water partition coefficient (Wildman–Crippen LogP) is 2.32. The van der Waals surface area contributed by atoms with Crippen LogP contribution in [0.1, 0.15) is 23.6 Å². The van der Waals surface area contributed by atoms with Gasteiger partial charge in [-0.15, -0.1) is 0 Å². The van der Waals surface area contributed by atoms with Crippen molar-refractivity contribution in [2.75, 3.05) is 7.11 Å². The van der Waals surface area contributed by atoms with E-state index in [1.807, 2.05) is 25.1 Å². The van der Waals surface area contributed by atoms with Gasteiger partial charge >= 0.3 is 5.97 Å². The van der Waals surface area contributed by atoms with Gasteiger partial charge in [0, 0.05) is 10.5 Å². The lowest BCUT2D eigenvalue weighted by Gasteiger charge is -2.11. The van der Waals surface area contributed by atoms with Crippen LogP contribution in [-0.4, -0.2) is 13.1 Å². The molecule has 0 spiro atoms. The summed E-state index contributed by atoms with van der Waals surface area (Å²) in [6.07, 6.45) is 0.201. The van der Waals surface area contributed by atoms with Crippen LogP contribution in [0.25, 0.3) is 0 Å². The van der Waals surface area contributed by atoms with Crippen LogP contribution in [0.15, 0.2) is 22.7 Å². The fourth-order valence-electron chi connectivity index (χ4n) is 1.36. The molecule has 1 aromatic rings. The highest BCUT2D eigenvalue weighted by atomic mass is 79.9. The van der Waals surface area contributed by atoms with Gasteiger partial charge in [-0.2, -0.15) is 0 Å². The number of carbonyl (C=O) groups excluding carboxylic acids is 1. The topological polar surface area (TPSA) is 52.3 Å². The van der Waals surface area contributed by atoms with E-state index in [0.29, 0.717) is 0 Å². The minimum absolute atomic E-state index is 0.201. The largest absolute Gasteiger partial charge is 0.469 e. The van der Waals surface area contributed by atoms with Crippen molar-refractivity contribution in [3.63, 3.8) is 0 Å². The third kappa shape index (κ3) is 3.64. The van der Waals surface area contributed by atoms with Gasteiger partial charge in [0.15, 0.2) is 0 Å². The molecule has 0 aliphatic heterocycles. The van der Waals surface area contributed by atoms with Crippen molar-refractivity contribution in [1.82, 2.24) is 0 Å². The molecule has 0 saturated carbocycles. The van der Waals surface area contributed by atoms with Gasteiger partial charge in [-0.05, 0) is 30.2 Å². The molecule has 0 bridgehead atoms. The number of benzene rings is 1. The monoisotopic (exact) mass is 271 g/mol. The SMILES string of the molecule is COC(=O)C[C@@H](N)c1cc(C)cc(Br)c1. The Hall–Kier alpha value is -0.870. The Labute approximate surface area is 97.7 Å². The summed E-state index contributed by atoms with van der Waals surface area (Å²) in [5.74, 6) is -0.292. The highest BCUT2D eigenvalue weighted by Crippen LogP contribution is 2.21. The molecular weight excluding hydrogens is 258 g/mol. The van der Waals surface area contributed by atoms with E-state index in [1.165, 1.54) is 7.11 Å². The van der Waals surface area contributed by atoms with E-state index in [2.05, 4.69) is 20.7 Å². The molecule has 0 unspecified atom stereocenters. The summed E-state index contributed by atoms with van der Waals surface area (Å²) in [6.45, 7) is 1.99. The predicted molar refractivity (Wildman–Crippen MR) is 62.4 cm³/mol. The van der Waals surface area contributed by atoms with E-state index in [9.17, 15) is 4.79 Å². The van der Waals surface area contributed by atoms with Crippen molar-refractivity contribution >= 4 is 21.9 Å². The summed E-state index contributed by atoms with van der Waals surface area (Å²) < 4.78 is 5.54. The molecule has 0 aromatic heterocycles. The van der Waals surface area contributed by atoms with Crippen LogP contribution in [0.5, 0.6) is 0 Å². The zero-order valence-electron chi connectivity index (χ0n) is 8.79. The quantitative estimate of drug-likeness (QED) is 0.859. The fraction of sp³-hybridized carbons (Fsp3) is 0.364. The van der Waals surface area contributed by atoms with Crippen molar-refractivity contribution in [2.24, 2.45) is 5.73 Å². The summed E-state index contributed by atoms with van der Waals surface area (Å²) in [5.41, 5.74) is 7.94. The molecule has 0 aliphatic rings. The second-order valence-corrected chi connectivity index (χ2v) is 4.36. The molecular formula is C11H14BrNO2. The van der Waals surface area contributed by atoms with Gasteiger partial charge in [-0.3, -0.25) is 4.79 Å². The van der Waals surface area contributed by atoms with E-state index < -0.39 is 0 Å². The lowest BCUT2D eigenvalue weighted by atomic mass is 10.0. The number of rotatable bonds is 3. The average molecular weight is 272 g/mol. The third-order valence-electron chi connectivity index (χ3n) is 2.11. The van der Waals surface area contributed by atoms with Crippen LogP contribution in [0.4, 0.5) is 0 Å². The van der Waals surface area contributed by atoms with Gasteiger partial charge in [-0.1, -0.05) is 22.0 Å². The first-order valence-electron chi connectivity index (χ1n) is 4.62. The van der Waals surface area contributed by atoms with Crippen molar-refractivity contribution in [3.05, 3.63) is 33.8 Å². The molecule has 3 nitrogen and oxygen atoms in total. The summed E-state index contributed by atoms with van der Waals surface area (Å²) in [6, 6.07) is 5.57. The minimum Gasteiger partial charge on any atom is -0.469 e. The first-order chi connectivity index (χ1) is 7.02. The Morgan fingerprint density at radius 3 is 2.73 bits per heavy atom. The van der Waals surface area contributed by atoms with E-state index in [0.717, 1.165) is 15.6 Å². The number of methoxy groups -OCH3 is 1. The maximum Gasteiger partial charge on any atom is 0.307 e. The second kappa shape index (κ2) is 5.28. The lowest BCUT2D eigenvalue weighted by Crippen LogP contribution is -2.16. The second-order valence-electron chi connectivity index (χ2n) is 3.45. The number of esters is 1. The molecule has 0 fully saturated rings. The van der Waals surface area contributed by atoms with Gasteiger partial charge in [0.05, 0.1) is 13.5 Å². The van der Waals surface area contributed by atoms with Gasteiger partial charge < -0.3 is 10.5 Å². The normalized spacial score (nSPS) is 12.3. The van der Waals surface area contributed by atoms with Crippen molar-refractivity contribution in [1.29, 1.82) is 0 Å². The molecule has 0 amide bonds. The molecule has 15 heavy (non-hydrogen) atoms. The van der Waals surface area contributed by atoms with Crippen LogP contribution in [0.2, 0.25) is 0 Å². The molecule has 0 heterocycles. The van der Waals surface area contributed by atoms with Crippen LogP contribution in [0.3, 0.4) is 0 Å². The van der Waals surface area contributed by atoms with Crippen LogP contribution in [0, 0.1) is 6.92 Å². The standard InChI is InChI=1S/C11H14BrNO2/c1-7-3-8(5-9(12)4-7)10(13)6-11(14)15-2/h3-5,10H,6,13H2,1-2H3/t10-/m1/s1. The van der Waals surface area contributed by atoms with Gasteiger partial charge in [0.2, 0.25) is 0 Å². The number of nitrogens with two attached hydrogens (primary N) is 1. The number of aryl methyl sites for hydroxylation is 1. The van der Waals surface area contributed by atoms with Crippen LogP contribution < -0.4 is 5.73 Å². The number of ether oxygens (including phenoxy) is 1. The van der Waals surface area contributed by atoms with Crippen molar-refractivity contribution in [2.45, 2.75) is 19.4 Å². The van der Waals surface area contributed by atoms with E-state index >= 15 is 0 Å². The summed E-state index contributed by atoms with van der Waals surface area (Å²) in [7, 11) is 1.36. The van der Waals surface area contributed by atoms with E-state index in [-0.39, 0.29) is 18.4 Å². The Balaban J connectivity index is 2.81. The first kappa shape index (κ1) is 12.2. The highest BCUT2D eigenvalue weighted by Gasteiger charge is 2.12. The smallest absolute Gasteiger partial charge is 0.307 e. The van der Waals surface area contributed by atoms with Gasteiger partial charge in [0.25, 0.3) is 0 Å². The Morgan fingerprint density at radius 1 is 1.53 bits per heavy atom. The molecule has 1 aromatic carbocycles. The summed E-state index contributed by atoms with van der Waals surface area (Å²) >= 11 is 3.39. The van der Waals surface area contributed by atoms with E-state index in [4.69, 9.17) is 5.73 Å². The average Bonchev–Trinajstić information content (AvgIpc) is 2.16. The summed E-state index contributed by atoms with van der Waals surface area (Å²) in [4.78, 5) is 11.1. The van der Waals surface area contributed by atoms with Crippen molar-refractivity contribution < 1.29 is 9.53 Å². The molecule has 2 N–H and O–H groups in total. The fourth-order valence-corrected chi connectivity index (χ4v) is 1.98. The molecule has 0 aliphatic carbocycles. The maximum atomic E-state index is 11.1. The van der Waals surface area contributed by atoms with Gasteiger partial charge in [-0.25, -0.2) is 0 Å². The Kier molecular flexibility index (Phi) is 4.29. The molecule has 0 radical (unpaired) electrons. The van der Waals surface area contributed by atoms with Crippen LogP contribution >= 0.6 is 15.9 Å². The summed E-state index contributed by atoms with van der Waals surface area (Å²) in [5, 5.41) is 0. The maximum absolute atomic E-state index is 11.1. The molecule has 4 heteroatoms. The minimum atomic E-state index is -0.311. The highest BCUT2D eigenvalue weighted by molar-refractivity contribution is 9.10. The first-order valence-corrected chi connectivity index (χ1v) is 5.41. The number of carbonyl (C=O) groups is 1. The molecule has 1 atom stereocenters. The number of halogens is 1. The molecule has 82 valence electrons. The van der Waals surface area contributed by atoms with Gasteiger partial charge in [0.1, 0.15) is 0 Å². The Morgan fingerprint density at radius 2 is 2.20 bits per heavy atom. The Bertz CT molecular complexity index is 345. The molecule has 1 rings (SSSR count). The van der Waals surface area contributed by atoms with Crippen molar-refractivity contribution in [3.8, 4) is 0 Å². The van der Waals surface area contributed by atoms with E-state index in [1.54, 1.807) is 0 Å². The lowest BCUT2D eigenvalue weighted by molar-refractivity contribution is -0.141. The van der Waals surface area contributed by atoms with Crippen LogP contribution in [-0.2, 0) is 9.53 Å². The number of hydrogen-bond donors (Lipinski definition) is 1. The zero-order chi connectivity index (χ0) is 11.4.